The molecule has 138 valence electrons. The number of ether oxygens (including phenoxy) is 3. The number of aliphatic hydroxyl groups excluding tert-OH is 1. The lowest BCUT2D eigenvalue weighted by Crippen LogP contribution is -2.54. The second-order valence-corrected chi connectivity index (χ2v) is 6.56. The maximum absolute atomic E-state index is 8.55. The van der Waals surface area contributed by atoms with Gasteiger partial charge in [-0.25, -0.2) is 0 Å². The summed E-state index contributed by atoms with van der Waals surface area (Å²) < 4.78 is 16.1. The van der Waals surface area contributed by atoms with Crippen molar-refractivity contribution in [3.63, 3.8) is 0 Å². The Morgan fingerprint density at radius 2 is 1.35 bits per heavy atom. The van der Waals surface area contributed by atoms with Crippen LogP contribution in [0.5, 0.6) is 0 Å². The summed E-state index contributed by atoms with van der Waals surface area (Å²) >= 11 is 0. The Bertz CT molecular complexity index is 282. The number of rotatable bonds is 13. The molecule has 1 N–H and O–H groups in total. The summed E-state index contributed by atoms with van der Waals surface area (Å²) in [5.41, 5.74) is 0.320. The molecule has 0 spiro atoms. The Hall–Kier alpha value is -0.240. The van der Waals surface area contributed by atoms with Crippen molar-refractivity contribution in [2.24, 2.45) is 0 Å². The number of hydrogen-bond donors (Lipinski definition) is 1. The molecular formula is C17H36N2O4. The molecule has 0 aromatic heterocycles. The zero-order chi connectivity index (χ0) is 17.0. The third-order valence-electron chi connectivity index (χ3n) is 4.63. The van der Waals surface area contributed by atoms with Gasteiger partial charge in [-0.3, -0.25) is 9.80 Å². The first-order valence-electron chi connectivity index (χ1n) is 8.91. The van der Waals surface area contributed by atoms with Gasteiger partial charge in [-0.2, -0.15) is 0 Å². The van der Waals surface area contributed by atoms with Crippen molar-refractivity contribution >= 4 is 0 Å². The third-order valence-corrected chi connectivity index (χ3v) is 4.63. The molecule has 0 aliphatic carbocycles. The van der Waals surface area contributed by atoms with Gasteiger partial charge in [0, 0.05) is 38.3 Å². The summed E-state index contributed by atoms with van der Waals surface area (Å²) in [6.07, 6.45) is 1.20. The lowest BCUT2D eigenvalue weighted by molar-refractivity contribution is -0.00118. The van der Waals surface area contributed by atoms with Gasteiger partial charge in [-0.15, -0.1) is 0 Å². The van der Waals surface area contributed by atoms with Crippen molar-refractivity contribution < 1.29 is 19.3 Å². The molecule has 1 fully saturated rings. The number of nitrogens with zero attached hydrogens (tertiary/aromatic N) is 2. The molecule has 6 heteroatoms. The molecule has 6 nitrogen and oxygen atoms in total. The summed E-state index contributed by atoms with van der Waals surface area (Å²) in [7, 11) is 0. The molecule has 0 bridgehead atoms. The molecule has 0 atom stereocenters. The molecule has 0 aromatic rings. The fraction of sp³-hybridized carbons (Fsp3) is 1.00. The highest BCUT2D eigenvalue weighted by Crippen LogP contribution is 2.19. The molecule has 0 radical (unpaired) electrons. The lowest BCUT2D eigenvalue weighted by Gasteiger charge is -2.43. The van der Waals surface area contributed by atoms with Crippen LogP contribution in [-0.4, -0.2) is 99.4 Å². The highest BCUT2D eigenvalue weighted by Gasteiger charge is 2.27. The topological polar surface area (TPSA) is 54.4 Å². The predicted octanol–water partition coefficient (Wildman–Crippen LogP) is 0.835. The largest absolute Gasteiger partial charge is 0.394 e. The van der Waals surface area contributed by atoms with Gasteiger partial charge in [0.15, 0.2) is 0 Å². The molecule has 0 aromatic carbocycles. The minimum absolute atomic E-state index is 0.0628. The number of piperazine rings is 1. The van der Waals surface area contributed by atoms with Crippen LogP contribution in [0, 0.1) is 0 Å². The Morgan fingerprint density at radius 1 is 0.826 bits per heavy atom. The van der Waals surface area contributed by atoms with Crippen molar-refractivity contribution in [1.29, 1.82) is 0 Å². The Balaban J connectivity index is 1.92. The number of hydrogen-bond acceptors (Lipinski definition) is 6. The first-order chi connectivity index (χ1) is 11.1. The van der Waals surface area contributed by atoms with Crippen LogP contribution in [0.3, 0.4) is 0 Å². The van der Waals surface area contributed by atoms with Gasteiger partial charge in [-0.1, -0.05) is 6.92 Å². The SMILES string of the molecule is CCC(C)(C)N1CCN(CCOCCOCCOCCO)CC1. The van der Waals surface area contributed by atoms with Crippen LogP contribution < -0.4 is 0 Å². The van der Waals surface area contributed by atoms with Crippen LogP contribution >= 0.6 is 0 Å². The van der Waals surface area contributed by atoms with E-state index in [9.17, 15) is 0 Å². The van der Waals surface area contributed by atoms with E-state index in [-0.39, 0.29) is 6.61 Å². The molecule has 0 saturated carbocycles. The zero-order valence-electron chi connectivity index (χ0n) is 15.3. The van der Waals surface area contributed by atoms with E-state index in [1.54, 1.807) is 0 Å². The predicted molar refractivity (Wildman–Crippen MR) is 91.9 cm³/mol. The molecular weight excluding hydrogens is 296 g/mol. The average Bonchev–Trinajstić information content (AvgIpc) is 2.57. The van der Waals surface area contributed by atoms with Gasteiger partial charge in [-0.05, 0) is 20.3 Å². The van der Waals surface area contributed by atoms with E-state index in [1.807, 2.05) is 0 Å². The minimum Gasteiger partial charge on any atom is -0.394 e. The Labute approximate surface area is 141 Å². The van der Waals surface area contributed by atoms with Crippen LogP contribution in [0.1, 0.15) is 27.2 Å². The summed E-state index contributed by atoms with van der Waals surface area (Å²) in [6, 6.07) is 0. The van der Waals surface area contributed by atoms with Crippen LogP contribution in [0.2, 0.25) is 0 Å². The highest BCUT2D eigenvalue weighted by atomic mass is 16.5. The number of aliphatic hydroxyl groups is 1. The van der Waals surface area contributed by atoms with Gasteiger partial charge in [0.25, 0.3) is 0 Å². The van der Waals surface area contributed by atoms with Crippen molar-refractivity contribution in [3.8, 4) is 0 Å². The van der Waals surface area contributed by atoms with Crippen molar-refractivity contribution in [2.45, 2.75) is 32.7 Å². The molecule has 1 saturated heterocycles. The first kappa shape index (κ1) is 20.8. The van der Waals surface area contributed by atoms with E-state index in [0.717, 1.165) is 39.3 Å². The fourth-order valence-corrected chi connectivity index (χ4v) is 2.60. The van der Waals surface area contributed by atoms with E-state index in [2.05, 4.69) is 30.6 Å². The van der Waals surface area contributed by atoms with Crippen LogP contribution in [0.15, 0.2) is 0 Å². The normalized spacial score (nSPS) is 17.7. The maximum Gasteiger partial charge on any atom is 0.0701 e. The quantitative estimate of drug-likeness (QED) is 0.504. The van der Waals surface area contributed by atoms with E-state index >= 15 is 0 Å². The average molecular weight is 332 g/mol. The van der Waals surface area contributed by atoms with Gasteiger partial charge in [0.2, 0.25) is 0 Å². The van der Waals surface area contributed by atoms with Gasteiger partial charge >= 0.3 is 0 Å². The summed E-state index contributed by atoms with van der Waals surface area (Å²) in [5.74, 6) is 0. The van der Waals surface area contributed by atoms with Crippen LogP contribution in [0.25, 0.3) is 0 Å². The van der Waals surface area contributed by atoms with Gasteiger partial charge in [0.1, 0.15) is 0 Å². The van der Waals surface area contributed by atoms with Gasteiger partial charge in [0.05, 0.1) is 46.2 Å². The summed E-state index contributed by atoms with van der Waals surface area (Å²) in [6.45, 7) is 16.0. The zero-order valence-corrected chi connectivity index (χ0v) is 15.3. The molecule has 1 aliphatic heterocycles. The molecule has 0 amide bonds. The van der Waals surface area contributed by atoms with Crippen molar-refractivity contribution in [1.82, 2.24) is 9.80 Å². The van der Waals surface area contributed by atoms with E-state index in [0.29, 0.717) is 38.6 Å². The molecule has 1 heterocycles. The molecule has 23 heavy (non-hydrogen) atoms. The van der Waals surface area contributed by atoms with Crippen molar-refractivity contribution in [3.05, 3.63) is 0 Å². The molecule has 1 rings (SSSR count). The van der Waals surface area contributed by atoms with E-state index in [1.165, 1.54) is 6.42 Å². The monoisotopic (exact) mass is 332 g/mol. The van der Waals surface area contributed by atoms with E-state index < -0.39 is 0 Å². The standard InChI is InChI=1S/C17H36N2O4/c1-4-17(2,3)19-7-5-18(6-8-19)9-11-21-13-15-23-16-14-22-12-10-20/h20H,4-16H2,1-3H3. The second kappa shape index (κ2) is 12.2. The minimum atomic E-state index is 0.0628. The lowest BCUT2D eigenvalue weighted by atomic mass is 9.98. The van der Waals surface area contributed by atoms with Crippen LogP contribution in [-0.2, 0) is 14.2 Å². The summed E-state index contributed by atoms with van der Waals surface area (Å²) in [4.78, 5) is 5.07. The second-order valence-electron chi connectivity index (χ2n) is 6.56. The van der Waals surface area contributed by atoms with Gasteiger partial charge < -0.3 is 19.3 Å². The fourth-order valence-electron chi connectivity index (χ4n) is 2.60. The van der Waals surface area contributed by atoms with Crippen LogP contribution in [0.4, 0.5) is 0 Å². The molecule has 1 aliphatic rings. The summed E-state index contributed by atoms with van der Waals surface area (Å²) in [5, 5.41) is 8.55. The Kier molecular flexibility index (Phi) is 11.0. The Morgan fingerprint density at radius 3 is 1.87 bits per heavy atom. The van der Waals surface area contributed by atoms with Crippen molar-refractivity contribution in [2.75, 3.05) is 79.0 Å². The smallest absolute Gasteiger partial charge is 0.0701 e. The highest BCUT2D eigenvalue weighted by molar-refractivity contribution is 4.84. The maximum atomic E-state index is 8.55. The van der Waals surface area contributed by atoms with E-state index in [4.69, 9.17) is 19.3 Å². The molecule has 0 unspecified atom stereocenters. The first-order valence-corrected chi connectivity index (χ1v) is 8.91. The third kappa shape index (κ3) is 8.98.